The molecule has 0 saturated heterocycles. The first kappa shape index (κ1) is 21.2. The number of methoxy groups -OCH3 is 1. The third-order valence-electron chi connectivity index (χ3n) is 5.16. The van der Waals surface area contributed by atoms with Gasteiger partial charge in [-0.25, -0.2) is 9.37 Å². The summed E-state index contributed by atoms with van der Waals surface area (Å²) in [5.74, 6) is 1.25. The van der Waals surface area contributed by atoms with Crippen LogP contribution >= 0.6 is 11.3 Å². The molecule has 0 saturated carbocycles. The quantitative estimate of drug-likeness (QED) is 0.459. The summed E-state index contributed by atoms with van der Waals surface area (Å²) in [6.45, 7) is 5.31. The molecule has 2 aromatic heterocycles. The topological polar surface area (TPSA) is 58.2 Å². The Morgan fingerprint density at radius 3 is 2.42 bits per heavy atom. The first-order valence-corrected chi connectivity index (χ1v) is 10.8. The number of thiophene rings is 1. The molecule has 4 rings (SSSR count). The number of nitrogens with one attached hydrogen (secondary N) is 1. The van der Waals surface area contributed by atoms with Crippen LogP contribution in [-0.4, -0.2) is 29.0 Å². The highest BCUT2D eigenvalue weighted by molar-refractivity contribution is 7.22. The fourth-order valence-corrected chi connectivity index (χ4v) is 4.89. The molecule has 0 radical (unpaired) electrons. The van der Waals surface area contributed by atoms with E-state index in [1.54, 1.807) is 19.2 Å². The van der Waals surface area contributed by atoms with Crippen molar-refractivity contribution >= 4 is 21.6 Å². The molecule has 0 unspecified atom stereocenters. The van der Waals surface area contributed by atoms with Crippen molar-refractivity contribution in [3.05, 3.63) is 81.2 Å². The summed E-state index contributed by atoms with van der Waals surface area (Å²) in [5.41, 5.74) is 4.76. The van der Waals surface area contributed by atoms with Gasteiger partial charge in [0.15, 0.2) is 0 Å². The highest BCUT2D eigenvalue weighted by atomic mass is 32.1. The number of aromatic nitrogens is 2. The zero-order valence-corrected chi connectivity index (χ0v) is 18.8. The zero-order chi connectivity index (χ0) is 22.1. The maximum atomic E-state index is 13.2. The molecule has 4 aromatic rings. The van der Waals surface area contributed by atoms with Gasteiger partial charge in [-0.2, -0.15) is 0 Å². The largest absolute Gasteiger partial charge is 0.496 e. The number of nitrogens with zero attached hydrogens (tertiary/aromatic N) is 2. The molecule has 0 spiro atoms. The van der Waals surface area contributed by atoms with E-state index in [9.17, 15) is 9.18 Å². The standard InChI is InChI=1S/C24H24FN3O2S/c1-14-9-16(10-15(2)22(14)30-4)12-28(3)13-21-26-19-11-20(31-23(19)24(29)27-21)17-5-7-18(25)8-6-17/h5-11H,12-13H2,1-4H3,(H,26,27,29). The van der Waals surface area contributed by atoms with Gasteiger partial charge in [-0.05, 0) is 61.3 Å². The minimum Gasteiger partial charge on any atom is -0.496 e. The van der Waals surface area contributed by atoms with Gasteiger partial charge in [-0.15, -0.1) is 11.3 Å². The molecule has 5 nitrogen and oxygen atoms in total. The maximum Gasteiger partial charge on any atom is 0.268 e. The van der Waals surface area contributed by atoms with Crippen molar-refractivity contribution in [3.63, 3.8) is 0 Å². The van der Waals surface area contributed by atoms with Gasteiger partial charge in [0.25, 0.3) is 5.56 Å². The van der Waals surface area contributed by atoms with Gasteiger partial charge in [-0.1, -0.05) is 24.3 Å². The average molecular weight is 438 g/mol. The molecule has 31 heavy (non-hydrogen) atoms. The van der Waals surface area contributed by atoms with E-state index in [2.05, 4.69) is 27.0 Å². The molecule has 0 amide bonds. The van der Waals surface area contributed by atoms with Crippen molar-refractivity contribution in [1.29, 1.82) is 0 Å². The summed E-state index contributed by atoms with van der Waals surface area (Å²) in [4.78, 5) is 23.2. The molecule has 2 heterocycles. The Balaban J connectivity index is 1.56. The molecule has 0 aliphatic rings. The molecule has 7 heteroatoms. The van der Waals surface area contributed by atoms with Crippen molar-refractivity contribution in [1.82, 2.24) is 14.9 Å². The third-order valence-corrected chi connectivity index (χ3v) is 6.33. The molecule has 160 valence electrons. The van der Waals surface area contributed by atoms with Gasteiger partial charge in [0.05, 0.1) is 19.2 Å². The van der Waals surface area contributed by atoms with Crippen LogP contribution in [-0.2, 0) is 13.1 Å². The molecule has 0 aliphatic carbocycles. The summed E-state index contributed by atoms with van der Waals surface area (Å²) in [6, 6.07) is 12.4. The lowest BCUT2D eigenvalue weighted by Gasteiger charge is -2.18. The summed E-state index contributed by atoms with van der Waals surface area (Å²) in [6.07, 6.45) is 0. The predicted octanol–water partition coefficient (Wildman–Crippen LogP) is 5.05. The van der Waals surface area contributed by atoms with Crippen molar-refractivity contribution in [2.45, 2.75) is 26.9 Å². The molecule has 0 atom stereocenters. The first-order valence-electron chi connectivity index (χ1n) is 9.95. The molecule has 0 bridgehead atoms. The van der Waals surface area contributed by atoms with Crippen molar-refractivity contribution < 1.29 is 9.13 Å². The summed E-state index contributed by atoms with van der Waals surface area (Å²) < 4.78 is 19.2. The van der Waals surface area contributed by atoms with E-state index in [1.165, 1.54) is 29.0 Å². The van der Waals surface area contributed by atoms with Crippen LogP contribution in [0.2, 0.25) is 0 Å². The minimum absolute atomic E-state index is 0.150. The van der Waals surface area contributed by atoms with Gasteiger partial charge >= 0.3 is 0 Å². The monoisotopic (exact) mass is 437 g/mol. The highest BCUT2D eigenvalue weighted by Gasteiger charge is 2.13. The lowest BCUT2D eigenvalue weighted by molar-refractivity contribution is 0.310. The predicted molar refractivity (Wildman–Crippen MR) is 123 cm³/mol. The Labute approximate surface area is 184 Å². The molecule has 1 N–H and O–H groups in total. The van der Waals surface area contributed by atoms with Crippen molar-refractivity contribution in [2.24, 2.45) is 0 Å². The van der Waals surface area contributed by atoms with E-state index in [0.29, 0.717) is 22.6 Å². The van der Waals surface area contributed by atoms with Crippen LogP contribution in [0.1, 0.15) is 22.5 Å². The van der Waals surface area contributed by atoms with Gasteiger partial charge in [-0.3, -0.25) is 9.69 Å². The zero-order valence-electron chi connectivity index (χ0n) is 18.0. The number of ether oxygens (including phenoxy) is 1. The van der Waals surface area contributed by atoms with E-state index in [4.69, 9.17) is 4.74 Å². The van der Waals surface area contributed by atoms with Crippen LogP contribution < -0.4 is 10.3 Å². The van der Waals surface area contributed by atoms with Gasteiger partial charge in [0.2, 0.25) is 0 Å². The second-order valence-corrected chi connectivity index (χ2v) is 8.83. The number of hydrogen-bond donors (Lipinski definition) is 1. The lowest BCUT2D eigenvalue weighted by atomic mass is 10.1. The van der Waals surface area contributed by atoms with Gasteiger partial charge in [0.1, 0.15) is 22.1 Å². The van der Waals surface area contributed by atoms with Crippen LogP contribution in [0.4, 0.5) is 4.39 Å². The molecule has 0 aliphatic heterocycles. The highest BCUT2D eigenvalue weighted by Crippen LogP contribution is 2.31. The number of aromatic amines is 1. The second-order valence-electron chi connectivity index (χ2n) is 7.78. The molecular formula is C24H24FN3O2S. The van der Waals surface area contributed by atoms with E-state index in [-0.39, 0.29) is 11.4 Å². The van der Waals surface area contributed by atoms with Crippen molar-refractivity contribution in [2.75, 3.05) is 14.2 Å². The minimum atomic E-state index is -0.284. The number of aryl methyl sites for hydroxylation is 2. The van der Waals surface area contributed by atoms with Crippen LogP contribution in [0.25, 0.3) is 20.7 Å². The molecular weight excluding hydrogens is 413 g/mol. The smallest absolute Gasteiger partial charge is 0.268 e. The van der Waals surface area contributed by atoms with E-state index >= 15 is 0 Å². The maximum absolute atomic E-state index is 13.2. The normalized spacial score (nSPS) is 11.4. The average Bonchev–Trinajstić information content (AvgIpc) is 3.13. The van der Waals surface area contributed by atoms with E-state index in [1.807, 2.05) is 27.0 Å². The van der Waals surface area contributed by atoms with Crippen LogP contribution in [0.5, 0.6) is 5.75 Å². The molecule has 0 fully saturated rings. The number of halogens is 1. The summed E-state index contributed by atoms with van der Waals surface area (Å²) in [7, 11) is 3.68. The van der Waals surface area contributed by atoms with Crippen molar-refractivity contribution in [3.8, 4) is 16.2 Å². The first-order chi connectivity index (χ1) is 14.8. The number of hydrogen-bond acceptors (Lipinski definition) is 5. The van der Waals surface area contributed by atoms with Crippen LogP contribution in [0.3, 0.4) is 0 Å². The number of rotatable bonds is 6. The van der Waals surface area contributed by atoms with E-state index < -0.39 is 0 Å². The van der Waals surface area contributed by atoms with Crippen LogP contribution in [0.15, 0.2) is 47.3 Å². The Morgan fingerprint density at radius 2 is 1.77 bits per heavy atom. The Hall–Kier alpha value is -3.03. The summed E-state index contributed by atoms with van der Waals surface area (Å²) in [5, 5.41) is 0. The van der Waals surface area contributed by atoms with Crippen LogP contribution in [0, 0.1) is 19.7 Å². The number of fused-ring (bicyclic) bond motifs is 1. The number of benzene rings is 2. The van der Waals surface area contributed by atoms with E-state index in [0.717, 1.165) is 33.9 Å². The fraction of sp³-hybridized carbons (Fsp3) is 0.250. The van der Waals surface area contributed by atoms with Gasteiger partial charge < -0.3 is 9.72 Å². The summed E-state index contributed by atoms with van der Waals surface area (Å²) >= 11 is 1.37. The third kappa shape index (κ3) is 4.52. The Morgan fingerprint density at radius 1 is 1.10 bits per heavy atom. The second kappa shape index (κ2) is 8.61. The van der Waals surface area contributed by atoms with Gasteiger partial charge in [0, 0.05) is 11.4 Å². The lowest BCUT2D eigenvalue weighted by Crippen LogP contribution is -2.21. The molecule has 2 aromatic carbocycles. The Bertz CT molecular complexity index is 1270. The fourth-order valence-electron chi connectivity index (χ4n) is 3.90. The Kier molecular flexibility index (Phi) is 5.89. The number of H-pyrrole nitrogens is 1. The SMILES string of the molecule is COc1c(C)cc(CN(C)Cc2nc3cc(-c4ccc(F)cc4)sc3c(=O)[nH]2)cc1C.